The molecule has 0 aliphatic heterocycles. The number of aromatic carboxylic acids is 1. The lowest BCUT2D eigenvalue weighted by Crippen LogP contribution is -2.40. The van der Waals surface area contributed by atoms with Gasteiger partial charge < -0.3 is 32.3 Å². The number of fused-ring (bicyclic) bond motifs is 1. The molecule has 16 heteroatoms. The molecule has 0 saturated heterocycles. The lowest BCUT2D eigenvalue weighted by atomic mass is 10.1. The molecule has 5 aromatic rings. The first-order chi connectivity index (χ1) is 21.2. The van der Waals surface area contributed by atoms with Gasteiger partial charge in [0.25, 0.3) is 5.91 Å². The summed E-state index contributed by atoms with van der Waals surface area (Å²) in [4.78, 5) is 52.6. The molecule has 44 heavy (non-hydrogen) atoms. The standard InChI is InChI=1S/C28H27N11O5/c29-23-22-24(36-28(30)35-23)32-13-17(33-22)12-31-16-9-7-15(8-10-16)25(40)34-20(27(43)44)6-3-11-39-14-21(37-38-39)18-4-1-2-5-19(18)26(41)42/h1-2,4-5,7-10,13-14,20,31H,3,6,11-12H2,(H,34,40)(H,41,42)(H,43,44)(H4,29,30,32,35,36). The minimum Gasteiger partial charge on any atom is -0.480 e. The van der Waals surface area contributed by atoms with Gasteiger partial charge in [-0.1, -0.05) is 23.4 Å². The Hall–Kier alpha value is -6.19. The van der Waals surface area contributed by atoms with Gasteiger partial charge in [0.15, 0.2) is 17.0 Å². The average Bonchev–Trinajstić information content (AvgIpc) is 3.48. The number of nitrogens with two attached hydrogens (primary N) is 2. The topological polar surface area (TPSA) is 250 Å². The number of aromatic nitrogens is 7. The minimum atomic E-state index is -1.17. The number of nitrogens with one attached hydrogen (secondary N) is 2. The van der Waals surface area contributed by atoms with Gasteiger partial charge in [0, 0.05) is 23.4 Å². The summed E-state index contributed by atoms with van der Waals surface area (Å²) in [7, 11) is 0. The van der Waals surface area contributed by atoms with Gasteiger partial charge in [-0.25, -0.2) is 19.6 Å². The first-order valence-corrected chi connectivity index (χ1v) is 13.3. The maximum absolute atomic E-state index is 12.8. The molecule has 5 rings (SSSR count). The van der Waals surface area contributed by atoms with E-state index >= 15 is 0 Å². The molecule has 3 heterocycles. The van der Waals surface area contributed by atoms with Crippen LogP contribution in [0.4, 0.5) is 17.5 Å². The summed E-state index contributed by atoms with van der Waals surface area (Å²) in [6.45, 7) is 0.621. The second-order valence-electron chi connectivity index (χ2n) is 9.66. The number of anilines is 3. The molecule has 0 aliphatic rings. The highest BCUT2D eigenvalue weighted by Gasteiger charge is 2.21. The quantitative estimate of drug-likeness (QED) is 0.120. The Morgan fingerprint density at radius 1 is 0.977 bits per heavy atom. The Balaban J connectivity index is 1.13. The first kappa shape index (κ1) is 29.3. The zero-order valence-corrected chi connectivity index (χ0v) is 23.1. The van der Waals surface area contributed by atoms with Crippen LogP contribution < -0.4 is 22.1 Å². The number of nitrogen functional groups attached to an aromatic ring is 2. The lowest BCUT2D eigenvalue weighted by Gasteiger charge is -2.15. The van der Waals surface area contributed by atoms with E-state index in [1.807, 2.05) is 0 Å². The Bertz CT molecular complexity index is 1840. The van der Waals surface area contributed by atoms with Gasteiger partial charge >= 0.3 is 11.9 Å². The van der Waals surface area contributed by atoms with E-state index in [1.165, 1.54) is 16.9 Å². The lowest BCUT2D eigenvalue weighted by molar-refractivity contribution is -0.139. The van der Waals surface area contributed by atoms with Gasteiger partial charge in [0.05, 0.1) is 30.2 Å². The molecule has 0 spiro atoms. The molecule has 16 nitrogen and oxygen atoms in total. The molecule has 0 bridgehead atoms. The molecule has 0 fully saturated rings. The van der Waals surface area contributed by atoms with Crippen molar-refractivity contribution in [1.29, 1.82) is 0 Å². The van der Waals surface area contributed by atoms with Crippen molar-refractivity contribution in [1.82, 2.24) is 40.2 Å². The summed E-state index contributed by atoms with van der Waals surface area (Å²) in [5, 5.41) is 32.9. The van der Waals surface area contributed by atoms with Crippen LogP contribution in [0.3, 0.4) is 0 Å². The van der Waals surface area contributed by atoms with Crippen molar-refractivity contribution >= 4 is 46.5 Å². The van der Waals surface area contributed by atoms with E-state index in [0.717, 1.165) is 0 Å². The second-order valence-corrected chi connectivity index (χ2v) is 9.66. The van der Waals surface area contributed by atoms with Gasteiger partial charge in [0.2, 0.25) is 5.95 Å². The highest BCUT2D eigenvalue weighted by Crippen LogP contribution is 2.21. The molecule has 8 N–H and O–H groups in total. The second kappa shape index (κ2) is 12.8. The Kier molecular flexibility index (Phi) is 8.50. The Labute approximate surface area is 249 Å². The molecular formula is C28H27N11O5. The maximum Gasteiger partial charge on any atom is 0.336 e. The van der Waals surface area contributed by atoms with Crippen molar-refractivity contribution in [3.63, 3.8) is 0 Å². The van der Waals surface area contributed by atoms with E-state index in [-0.39, 0.29) is 29.3 Å². The zero-order chi connectivity index (χ0) is 31.2. The monoisotopic (exact) mass is 597 g/mol. The summed E-state index contributed by atoms with van der Waals surface area (Å²) in [5.41, 5.74) is 14.6. The van der Waals surface area contributed by atoms with E-state index < -0.39 is 23.9 Å². The highest BCUT2D eigenvalue weighted by molar-refractivity contribution is 5.97. The van der Waals surface area contributed by atoms with Crippen molar-refractivity contribution in [3.05, 3.63) is 77.7 Å². The summed E-state index contributed by atoms with van der Waals surface area (Å²) < 4.78 is 1.50. The number of carbonyl (C=O) groups is 3. The number of carboxylic acid groups (broad SMARTS) is 2. The van der Waals surface area contributed by atoms with Crippen LogP contribution in [0.2, 0.25) is 0 Å². The van der Waals surface area contributed by atoms with Crippen LogP contribution in [-0.2, 0) is 17.9 Å². The molecule has 1 unspecified atom stereocenters. The summed E-state index contributed by atoms with van der Waals surface area (Å²) in [6.07, 6.45) is 3.64. The van der Waals surface area contributed by atoms with E-state index in [9.17, 15) is 24.6 Å². The molecular weight excluding hydrogens is 570 g/mol. The van der Waals surface area contributed by atoms with Crippen molar-refractivity contribution in [2.24, 2.45) is 0 Å². The Morgan fingerprint density at radius 3 is 2.50 bits per heavy atom. The zero-order valence-electron chi connectivity index (χ0n) is 23.1. The van der Waals surface area contributed by atoms with Crippen molar-refractivity contribution in [2.45, 2.75) is 32.0 Å². The minimum absolute atomic E-state index is 0.0114. The van der Waals surface area contributed by atoms with E-state index in [0.29, 0.717) is 53.3 Å². The molecule has 3 aromatic heterocycles. The number of carbonyl (C=O) groups excluding carboxylic acids is 1. The summed E-state index contributed by atoms with van der Waals surface area (Å²) in [5.74, 6) is -2.64. The maximum atomic E-state index is 12.8. The Morgan fingerprint density at radius 2 is 1.75 bits per heavy atom. The third-order valence-corrected chi connectivity index (χ3v) is 6.58. The SMILES string of the molecule is Nc1nc(N)c2nc(CNc3ccc(C(=O)NC(CCCn4cc(-c5ccccc5C(=O)O)nn4)C(=O)O)cc3)cnc2n1. The number of aliphatic carboxylic acids is 1. The van der Waals surface area contributed by atoms with Crippen LogP contribution in [0, 0.1) is 0 Å². The van der Waals surface area contributed by atoms with Crippen molar-refractivity contribution < 1.29 is 24.6 Å². The molecule has 0 saturated carbocycles. The first-order valence-electron chi connectivity index (χ1n) is 13.3. The fraction of sp³-hybridized carbons (Fsp3) is 0.179. The molecule has 224 valence electrons. The van der Waals surface area contributed by atoms with Gasteiger partial charge in [-0.15, -0.1) is 5.10 Å². The number of hydrogen-bond donors (Lipinski definition) is 6. The summed E-state index contributed by atoms with van der Waals surface area (Å²) >= 11 is 0. The van der Waals surface area contributed by atoms with E-state index in [4.69, 9.17) is 11.5 Å². The number of carboxylic acids is 2. The van der Waals surface area contributed by atoms with Gasteiger partial charge in [-0.05, 0) is 43.2 Å². The highest BCUT2D eigenvalue weighted by atomic mass is 16.4. The fourth-order valence-corrected chi connectivity index (χ4v) is 4.38. The molecule has 1 atom stereocenters. The van der Waals surface area contributed by atoms with Gasteiger partial charge in [-0.2, -0.15) is 9.97 Å². The number of nitrogens with zero attached hydrogens (tertiary/aromatic N) is 7. The molecule has 0 radical (unpaired) electrons. The number of aryl methyl sites for hydroxylation is 1. The third-order valence-electron chi connectivity index (χ3n) is 6.58. The molecule has 1 amide bonds. The normalized spacial score (nSPS) is 11.6. The number of rotatable bonds is 12. The third kappa shape index (κ3) is 6.81. The van der Waals surface area contributed by atoms with Crippen LogP contribution in [0.15, 0.2) is 60.9 Å². The number of hydrogen-bond acceptors (Lipinski definition) is 12. The molecule has 0 aliphatic carbocycles. The average molecular weight is 598 g/mol. The van der Waals surface area contributed by atoms with E-state index in [2.05, 4.69) is 40.9 Å². The van der Waals surface area contributed by atoms with Crippen molar-refractivity contribution in [2.75, 3.05) is 16.8 Å². The molecule has 2 aromatic carbocycles. The fourth-order valence-electron chi connectivity index (χ4n) is 4.38. The van der Waals surface area contributed by atoms with Crippen molar-refractivity contribution in [3.8, 4) is 11.3 Å². The van der Waals surface area contributed by atoms with Crippen LogP contribution in [0.25, 0.3) is 22.4 Å². The number of amides is 1. The predicted molar refractivity (Wildman–Crippen MR) is 158 cm³/mol. The van der Waals surface area contributed by atoms with Crippen LogP contribution in [0.1, 0.15) is 39.3 Å². The summed E-state index contributed by atoms with van der Waals surface area (Å²) in [6, 6.07) is 11.8. The predicted octanol–water partition coefficient (Wildman–Crippen LogP) is 1.82. The smallest absolute Gasteiger partial charge is 0.336 e. The number of benzene rings is 2. The van der Waals surface area contributed by atoms with Crippen LogP contribution >= 0.6 is 0 Å². The van der Waals surface area contributed by atoms with Crippen LogP contribution in [-0.4, -0.2) is 69.0 Å². The van der Waals surface area contributed by atoms with E-state index in [1.54, 1.807) is 48.7 Å². The van der Waals surface area contributed by atoms with Gasteiger partial charge in [-0.3, -0.25) is 9.48 Å². The van der Waals surface area contributed by atoms with Crippen LogP contribution in [0.5, 0.6) is 0 Å². The largest absolute Gasteiger partial charge is 0.480 e. The van der Waals surface area contributed by atoms with Gasteiger partial charge in [0.1, 0.15) is 11.7 Å².